The largest absolute Gasteiger partial charge is 0.482 e. The molecule has 3 heterocycles. The van der Waals surface area contributed by atoms with Gasteiger partial charge in [-0.2, -0.15) is 0 Å². The molecule has 194 valence electrons. The molecule has 38 heavy (non-hydrogen) atoms. The molecule has 13 nitrogen and oxygen atoms in total. The Balaban J connectivity index is 1.26. The van der Waals surface area contributed by atoms with Gasteiger partial charge in [0.05, 0.1) is 21.7 Å². The molecule has 0 unspecified atom stereocenters. The Bertz CT molecular complexity index is 1680. The van der Waals surface area contributed by atoms with E-state index in [1.54, 1.807) is 30.3 Å². The normalized spacial score (nSPS) is 12.8. The molecule has 5 rings (SSSR count). The van der Waals surface area contributed by atoms with Crippen LogP contribution in [0.15, 0.2) is 59.9 Å². The Kier molecular flexibility index (Phi) is 6.48. The summed E-state index contributed by atoms with van der Waals surface area (Å²) in [5.41, 5.74) is 2.74. The van der Waals surface area contributed by atoms with E-state index in [4.69, 9.17) is 9.88 Å². The minimum absolute atomic E-state index is 0.0286. The molecule has 6 N–H and O–H groups in total. The van der Waals surface area contributed by atoms with Crippen molar-refractivity contribution in [2.75, 3.05) is 11.9 Å². The standard InChI is InChI=1S/C24H21N7O6S/c25-38(35,36)15-4-1-13(2-5-15)8-27-23(33)16-10-26-21-20(16)29-12-30-22(21)24(34)28-9-14-3-6-18-17(7-14)31-19(32)11-37-18/h1-7,10,12,26H,8-9,11H2,(H,27,33)(H,28,34)(H,31,32)(H2,25,35,36). The maximum atomic E-state index is 12.9. The highest BCUT2D eigenvalue weighted by molar-refractivity contribution is 7.89. The Labute approximate surface area is 215 Å². The highest BCUT2D eigenvalue weighted by atomic mass is 32.2. The fourth-order valence-corrected chi connectivity index (χ4v) is 4.38. The minimum atomic E-state index is -3.81. The van der Waals surface area contributed by atoms with Crippen LogP contribution in [0.1, 0.15) is 32.0 Å². The Morgan fingerprint density at radius 2 is 1.71 bits per heavy atom. The number of carbonyl (C=O) groups is 3. The van der Waals surface area contributed by atoms with Gasteiger partial charge in [-0.1, -0.05) is 18.2 Å². The highest BCUT2D eigenvalue weighted by Gasteiger charge is 2.20. The van der Waals surface area contributed by atoms with Gasteiger partial charge in [-0.25, -0.2) is 23.5 Å². The number of carbonyl (C=O) groups excluding carboxylic acids is 3. The first-order valence-corrected chi connectivity index (χ1v) is 12.8. The Hall–Kier alpha value is -4.82. The summed E-state index contributed by atoms with van der Waals surface area (Å²) in [4.78, 5) is 48.3. The van der Waals surface area contributed by atoms with E-state index in [2.05, 4.69) is 30.9 Å². The van der Waals surface area contributed by atoms with Crippen molar-refractivity contribution in [3.8, 4) is 5.75 Å². The van der Waals surface area contributed by atoms with Crippen LogP contribution in [-0.2, 0) is 27.9 Å². The molecule has 1 aliphatic rings. The summed E-state index contributed by atoms with van der Waals surface area (Å²) in [6, 6.07) is 11.0. The number of hydrogen-bond acceptors (Lipinski definition) is 8. The molecule has 0 bridgehead atoms. The van der Waals surface area contributed by atoms with Gasteiger partial charge in [-0.05, 0) is 35.4 Å². The number of aromatic nitrogens is 3. The van der Waals surface area contributed by atoms with Gasteiger partial charge in [-0.15, -0.1) is 0 Å². The lowest BCUT2D eigenvalue weighted by Crippen LogP contribution is -2.26. The molecule has 1 aliphatic heterocycles. The third kappa shape index (κ3) is 5.16. The lowest BCUT2D eigenvalue weighted by Gasteiger charge is -2.18. The third-order valence-electron chi connectivity index (χ3n) is 5.76. The van der Waals surface area contributed by atoms with Crippen LogP contribution in [0.2, 0.25) is 0 Å². The van der Waals surface area contributed by atoms with Crippen LogP contribution in [0.5, 0.6) is 5.75 Å². The van der Waals surface area contributed by atoms with Gasteiger partial charge >= 0.3 is 0 Å². The van der Waals surface area contributed by atoms with E-state index < -0.39 is 21.8 Å². The van der Waals surface area contributed by atoms with Crippen molar-refractivity contribution < 1.29 is 27.5 Å². The van der Waals surface area contributed by atoms with Crippen molar-refractivity contribution in [1.82, 2.24) is 25.6 Å². The van der Waals surface area contributed by atoms with Gasteiger partial charge in [-0.3, -0.25) is 14.4 Å². The summed E-state index contributed by atoms with van der Waals surface area (Å²) in [7, 11) is -3.81. The molecule has 0 radical (unpaired) electrons. The molecule has 0 saturated carbocycles. The van der Waals surface area contributed by atoms with Crippen molar-refractivity contribution in [1.29, 1.82) is 0 Å². The highest BCUT2D eigenvalue weighted by Crippen LogP contribution is 2.28. The summed E-state index contributed by atoms with van der Waals surface area (Å²) in [6.07, 6.45) is 2.63. The zero-order valence-electron chi connectivity index (χ0n) is 19.6. The number of aromatic amines is 1. The minimum Gasteiger partial charge on any atom is -0.482 e. The van der Waals surface area contributed by atoms with Crippen LogP contribution in [0.3, 0.4) is 0 Å². The second kappa shape index (κ2) is 9.91. The second-order valence-electron chi connectivity index (χ2n) is 8.37. The van der Waals surface area contributed by atoms with Gasteiger partial charge in [0, 0.05) is 19.3 Å². The molecule has 0 spiro atoms. The van der Waals surface area contributed by atoms with Crippen molar-refractivity contribution in [3.05, 3.63) is 77.4 Å². The van der Waals surface area contributed by atoms with Crippen LogP contribution in [0.4, 0.5) is 5.69 Å². The number of nitrogens with zero attached hydrogens (tertiary/aromatic N) is 2. The quantitative estimate of drug-likeness (QED) is 0.229. The molecular formula is C24H21N7O6S. The number of sulfonamides is 1. The molecular weight excluding hydrogens is 514 g/mol. The number of rotatable bonds is 7. The number of anilines is 1. The van der Waals surface area contributed by atoms with Crippen molar-refractivity contribution in [2.24, 2.45) is 5.14 Å². The lowest BCUT2D eigenvalue weighted by atomic mass is 10.1. The van der Waals surface area contributed by atoms with Gasteiger partial charge in [0.25, 0.3) is 17.7 Å². The average molecular weight is 536 g/mol. The third-order valence-corrected chi connectivity index (χ3v) is 6.69. The fraction of sp³-hybridized carbons (Fsp3) is 0.125. The number of nitrogens with two attached hydrogens (primary N) is 1. The van der Waals surface area contributed by atoms with E-state index in [0.717, 1.165) is 5.56 Å². The number of ether oxygens (including phenoxy) is 1. The Morgan fingerprint density at radius 1 is 1.00 bits per heavy atom. The van der Waals surface area contributed by atoms with Gasteiger partial charge < -0.3 is 25.7 Å². The first-order valence-electron chi connectivity index (χ1n) is 11.2. The van der Waals surface area contributed by atoms with E-state index in [9.17, 15) is 22.8 Å². The van der Waals surface area contributed by atoms with E-state index in [-0.39, 0.29) is 47.3 Å². The first kappa shape index (κ1) is 24.9. The van der Waals surface area contributed by atoms with E-state index >= 15 is 0 Å². The number of fused-ring (bicyclic) bond motifs is 2. The predicted molar refractivity (Wildman–Crippen MR) is 135 cm³/mol. The predicted octanol–water partition coefficient (Wildman–Crippen LogP) is 0.796. The average Bonchev–Trinajstić information content (AvgIpc) is 3.34. The van der Waals surface area contributed by atoms with Crippen molar-refractivity contribution in [2.45, 2.75) is 18.0 Å². The molecule has 0 atom stereocenters. The number of hydrogen-bond donors (Lipinski definition) is 5. The van der Waals surface area contributed by atoms with E-state index in [0.29, 0.717) is 22.5 Å². The number of H-pyrrole nitrogens is 1. The van der Waals surface area contributed by atoms with Crippen LogP contribution in [0, 0.1) is 0 Å². The van der Waals surface area contributed by atoms with Crippen LogP contribution < -0.4 is 25.8 Å². The maximum absolute atomic E-state index is 12.9. The number of nitrogens with one attached hydrogen (secondary N) is 4. The smallest absolute Gasteiger partial charge is 0.272 e. The molecule has 0 aliphatic carbocycles. The molecule has 14 heteroatoms. The lowest BCUT2D eigenvalue weighted by molar-refractivity contribution is -0.118. The first-order chi connectivity index (χ1) is 18.2. The van der Waals surface area contributed by atoms with E-state index in [1.165, 1.54) is 24.7 Å². The molecule has 2 aromatic carbocycles. The zero-order valence-corrected chi connectivity index (χ0v) is 20.5. The summed E-state index contributed by atoms with van der Waals surface area (Å²) in [5, 5.41) is 13.3. The van der Waals surface area contributed by atoms with Crippen molar-refractivity contribution >= 4 is 44.5 Å². The number of amides is 3. The molecule has 4 aromatic rings. The maximum Gasteiger partial charge on any atom is 0.272 e. The summed E-state index contributed by atoms with van der Waals surface area (Å²) in [6.45, 7) is 0.240. The number of benzene rings is 2. The summed E-state index contributed by atoms with van der Waals surface area (Å²) < 4.78 is 28.1. The van der Waals surface area contributed by atoms with Crippen LogP contribution in [0.25, 0.3) is 11.0 Å². The Morgan fingerprint density at radius 3 is 2.47 bits per heavy atom. The monoisotopic (exact) mass is 535 g/mol. The van der Waals surface area contributed by atoms with Crippen LogP contribution >= 0.6 is 0 Å². The molecule has 2 aromatic heterocycles. The second-order valence-corrected chi connectivity index (χ2v) is 9.93. The van der Waals surface area contributed by atoms with Gasteiger partial charge in [0.15, 0.2) is 12.3 Å². The number of primary sulfonamides is 1. The summed E-state index contributed by atoms with van der Waals surface area (Å²) >= 11 is 0. The SMILES string of the molecule is NS(=O)(=O)c1ccc(CNC(=O)c2c[nH]c3c(C(=O)NCc4ccc5c(c4)NC(=O)CO5)ncnc23)cc1. The van der Waals surface area contributed by atoms with Gasteiger partial charge in [0.2, 0.25) is 10.0 Å². The topological polar surface area (TPSA) is 198 Å². The molecule has 0 saturated heterocycles. The fourth-order valence-electron chi connectivity index (χ4n) is 3.87. The summed E-state index contributed by atoms with van der Waals surface area (Å²) in [5.74, 6) is -0.641. The van der Waals surface area contributed by atoms with E-state index in [1.807, 2.05) is 0 Å². The van der Waals surface area contributed by atoms with Crippen LogP contribution in [-0.4, -0.2) is 47.7 Å². The van der Waals surface area contributed by atoms with Crippen molar-refractivity contribution in [3.63, 3.8) is 0 Å². The molecule has 3 amide bonds. The molecule has 0 fully saturated rings. The zero-order chi connectivity index (χ0) is 26.9. The van der Waals surface area contributed by atoms with Gasteiger partial charge in [0.1, 0.15) is 17.6 Å².